The lowest BCUT2D eigenvalue weighted by Crippen LogP contribution is -2.47. The topological polar surface area (TPSA) is 87.5 Å². The normalized spacial score (nSPS) is 18.6. The molecule has 0 saturated carbocycles. The largest absolute Gasteiger partial charge is 0.351 e. The molecule has 0 bridgehead atoms. The second-order valence-corrected chi connectivity index (χ2v) is 4.99. The average Bonchev–Trinajstić information content (AvgIpc) is 2.35. The van der Waals surface area contributed by atoms with Crippen molar-refractivity contribution in [2.24, 2.45) is 11.7 Å². The third kappa shape index (κ3) is 5.01. The Morgan fingerprint density at radius 1 is 1.44 bits per heavy atom. The third-order valence-corrected chi connectivity index (χ3v) is 3.64. The summed E-state index contributed by atoms with van der Waals surface area (Å²) in [6, 6.07) is -1.13. The molecule has 1 aliphatic rings. The molecule has 1 saturated heterocycles. The molecule has 1 heterocycles. The smallest absolute Gasteiger partial charge is 0.318 e. The Hall–Kier alpha value is -1.14. The van der Waals surface area contributed by atoms with Crippen molar-refractivity contribution in [3.63, 3.8) is 0 Å². The maximum atomic E-state index is 11.6. The summed E-state index contributed by atoms with van der Waals surface area (Å²) in [5.41, 5.74) is 4.93. The van der Waals surface area contributed by atoms with Crippen LogP contribution in [0.4, 0.5) is 4.79 Å². The van der Waals surface area contributed by atoms with E-state index < -0.39 is 6.03 Å². The number of rotatable bonds is 5. The zero-order chi connectivity index (χ0) is 13.5. The van der Waals surface area contributed by atoms with E-state index in [1.165, 1.54) is 12.8 Å². The predicted molar refractivity (Wildman–Crippen MR) is 70.0 cm³/mol. The zero-order valence-electron chi connectivity index (χ0n) is 11.2. The molecule has 1 rings (SSSR count). The fourth-order valence-electron chi connectivity index (χ4n) is 2.18. The molecule has 1 fully saturated rings. The van der Waals surface area contributed by atoms with Crippen molar-refractivity contribution in [1.82, 2.24) is 15.5 Å². The van der Waals surface area contributed by atoms with Gasteiger partial charge in [-0.25, -0.2) is 4.79 Å². The molecule has 104 valence electrons. The number of urea groups is 1. The number of nitrogens with one attached hydrogen (secondary N) is 2. The van der Waals surface area contributed by atoms with Gasteiger partial charge in [0.1, 0.15) is 0 Å². The summed E-state index contributed by atoms with van der Waals surface area (Å²) < 4.78 is 0. The standard InChI is InChI=1S/C12H24N4O2/c1-9(11(17)15-12(13)18)16(2)8-5-10-3-6-14-7-4-10/h9-10,14H,3-8H2,1-2H3,(H3,13,15,17,18). The van der Waals surface area contributed by atoms with Crippen molar-refractivity contribution in [1.29, 1.82) is 0 Å². The minimum atomic E-state index is -0.793. The van der Waals surface area contributed by atoms with Gasteiger partial charge in [0.25, 0.3) is 0 Å². The number of hydrogen-bond donors (Lipinski definition) is 3. The first-order chi connectivity index (χ1) is 8.50. The highest BCUT2D eigenvalue weighted by Crippen LogP contribution is 2.16. The van der Waals surface area contributed by atoms with Crippen molar-refractivity contribution in [3.05, 3.63) is 0 Å². The lowest BCUT2D eigenvalue weighted by Gasteiger charge is -2.27. The van der Waals surface area contributed by atoms with Gasteiger partial charge in [-0.2, -0.15) is 0 Å². The first kappa shape index (κ1) is 14.9. The Morgan fingerprint density at radius 2 is 2.06 bits per heavy atom. The van der Waals surface area contributed by atoms with Crippen LogP contribution in [0.3, 0.4) is 0 Å². The Morgan fingerprint density at radius 3 is 2.61 bits per heavy atom. The van der Waals surface area contributed by atoms with E-state index in [1.54, 1.807) is 6.92 Å². The van der Waals surface area contributed by atoms with Crippen LogP contribution >= 0.6 is 0 Å². The van der Waals surface area contributed by atoms with Gasteiger partial charge in [-0.1, -0.05) is 0 Å². The molecule has 1 unspecified atom stereocenters. The van der Waals surface area contributed by atoms with Gasteiger partial charge in [0, 0.05) is 0 Å². The van der Waals surface area contributed by atoms with Gasteiger partial charge in [0.15, 0.2) is 0 Å². The van der Waals surface area contributed by atoms with E-state index in [0.29, 0.717) is 0 Å². The Balaban J connectivity index is 2.27. The molecule has 0 aromatic carbocycles. The van der Waals surface area contributed by atoms with Crippen molar-refractivity contribution in [2.75, 3.05) is 26.7 Å². The summed E-state index contributed by atoms with van der Waals surface area (Å²) in [5, 5.41) is 5.45. The van der Waals surface area contributed by atoms with E-state index >= 15 is 0 Å². The molecule has 0 aliphatic carbocycles. The maximum absolute atomic E-state index is 11.6. The van der Waals surface area contributed by atoms with Gasteiger partial charge in [-0.05, 0) is 58.8 Å². The van der Waals surface area contributed by atoms with Crippen molar-refractivity contribution >= 4 is 11.9 Å². The SMILES string of the molecule is CC(C(=O)NC(N)=O)N(C)CCC1CCNCC1. The minimum absolute atomic E-state index is 0.334. The van der Waals surface area contributed by atoms with E-state index in [-0.39, 0.29) is 11.9 Å². The number of hydrogen-bond acceptors (Lipinski definition) is 4. The number of nitrogens with two attached hydrogens (primary N) is 1. The predicted octanol–water partition coefficient (Wildman–Crippen LogP) is -0.109. The highest BCUT2D eigenvalue weighted by Gasteiger charge is 2.20. The number of carbonyl (C=O) groups excluding carboxylic acids is 2. The van der Waals surface area contributed by atoms with Crippen LogP contribution in [0.2, 0.25) is 0 Å². The van der Waals surface area contributed by atoms with Gasteiger partial charge >= 0.3 is 6.03 Å². The molecule has 0 radical (unpaired) electrons. The van der Waals surface area contributed by atoms with Crippen LogP contribution in [0, 0.1) is 5.92 Å². The number of likely N-dealkylation sites (N-methyl/N-ethyl adjacent to an activating group) is 1. The van der Waals surface area contributed by atoms with Crippen molar-refractivity contribution < 1.29 is 9.59 Å². The van der Waals surface area contributed by atoms with Crippen molar-refractivity contribution in [2.45, 2.75) is 32.2 Å². The lowest BCUT2D eigenvalue weighted by molar-refractivity contribution is -0.124. The summed E-state index contributed by atoms with van der Waals surface area (Å²) >= 11 is 0. The Bertz CT molecular complexity index is 290. The van der Waals surface area contributed by atoms with Crippen LogP contribution < -0.4 is 16.4 Å². The second kappa shape index (κ2) is 7.33. The molecule has 18 heavy (non-hydrogen) atoms. The van der Waals surface area contributed by atoms with Crippen molar-refractivity contribution in [3.8, 4) is 0 Å². The van der Waals surface area contributed by atoms with E-state index in [0.717, 1.165) is 32.0 Å². The fourth-order valence-corrected chi connectivity index (χ4v) is 2.18. The van der Waals surface area contributed by atoms with Crippen LogP contribution in [-0.4, -0.2) is 49.6 Å². The van der Waals surface area contributed by atoms with Crippen LogP contribution in [0.25, 0.3) is 0 Å². The maximum Gasteiger partial charge on any atom is 0.318 e. The summed E-state index contributed by atoms with van der Waals surface area (Å²) in [5.74, 6) is 0.399. The molecule has 3 amide bonds. The van der Waals surface area contributed by atoms with Gasteiger partial charge in [0.2, 0.25) is 5.91 Å². The number of piperidine rings is 1. The summed E-state index contributed by atoms with van der Waals surface area (Å²) in [6.07, 6.45) is 3.50. The number of amides is 3. The van der Waals surface area contributed by atoms with Gasteiger partial charge in [-0.15, -0.1) is 0 Å². The van der Waals surface area contributed by atoms with Gasteiger partial charge in [0.05, 0.1) is 6.04 Å². The average molecular weight is 256 g/mol. The molecule has 6 nitrogen and oxygen atoms in total. The summed E-state index contributed by atoms with van der Waals surface area (Å²) in [4.78, 5) is 24.1. The van der Waals surface area contributed by atoms with Crippen LogP contribution in [-0.2, 0) is 4.79 Å². The molecule has 0 aromatic heterocycles. The molecule has 0 aromatic rings. The molecule has 4 N–H and O–H groups in total. The quantitative estimate of drug-likeness (QED) is 0.640. The summed E-state index contributed by atoms with van der Waals surface area (Å²) in [7, 11) is 1.90. The Kier molecular flexibility index (Phi) is 6.07. The zero-order valence-corrected chi connectivity index (χ0v) is 11.2. The van der Waals surface area contributed by atoms with Gasteiger partial charge < -0.3 is 11.1 Å². The first-order valence-electron chi connectivity index (χ1n) is 6.52. The minimum Gasteiger partial charge on any atom is -0.351 e. The number of imide groups is 1. The second-order valence-electron chi connectivity index (χ2n) is 4.99. The van der Waals surface area contributed by atoms with Crippen LogP contribution in [0.5, 0.6) is 0 Å². The number of carbonyl (C=O) groups is 2. The molecule has 1 aliphatic heterocycles. The highest BCUT2D eigenvalue weighted by molar-refractivity contribution is 5.96. The third-order valence-electron chi connectivity index (χ3n) is 3.64. The monoisotopic (exact) mass is 256 g/mol. The fraction of sp³-hybridized carbons (Fsp3) is 0.833. The molecule has 6 heteroatoms. The number of primary amides is 1. The molecule has 0 spiro atoms. The first-order valence-corrected chi connectivity index (χ1v) is 6.52. The van der Waals surface area contributed by atoms with Gasteiger partial charge in [-0.3, -0.25) is 15.0 Å². The lowest BCUT2D eigenvalue weighted by atomic mass is 9.94. The van der Waals surface area contributed by atoms with E-state index in [1.807, 2.05) is 11.9 Å². The molecular formula is C12H24N4O2. The molecular weight excluding hydrogens is 232 g/mol. The summed E-state index contributed by atoms with van der Waals surface area (Å²) in [6.45, 7) is 4.82. The van der Waals surface area contributed by atoms with E-state index in [9.17, 15) is 9.59 Å². The number of nitrogens with zero attached hydrogens (tertiary/aromatic N) is 1. The Labute approximate surface area is 108 Å². The van der Waals surface area contributed by atoms with Crippen LogP contribution in [0.1, 0.15) is 26.2 Å². The molecule has 1 atom stereocenters. The van der Waals surface area contributed by atoms with Crippen LogP contribution in [0.15, 0.2) is 0 Å². The van der Waals surface area contributed by atoms with E-state index in [2.05, 4.69) is 10.6 Å². The van der Waals surface area contributed by atoms with E-state index in [4.69, 9.17) is 5.73 Å². The highest BCUT2D eigenvalue weighted by atomic mass is 16.2.